The fraction of sp³-hybridized carbons (Fsp3) is 0.471. The monoisotopic (exact) mass is 315 g/mol. The topological polar surface area (TPSA) is 80.2 Å². The third-order valence-corrected chi connectivity index (χ3v) is 4.77. The maximum Gasteiger partial charge on any atom is 0.298 e. The molecule has 0 aliphatic carbocycles. The molecule has 1 aromatic carbocycles. The standard InChI is InChI=1S/C17H22N4O2/c18-17(23)14-7-10-20(11-8-14)12-16(22)21-15(6-9-19-21)13-4-2-1-3-5-13/h1-5,9,14-15H,6-8,10-12H2,(H2,18,23)/p+1/t15-/m1/s1. The lowest BCUT2D eigenvalue weighted by Crippen LogP contribution is -3.14. The van der Waals surface area contributed by atoms with Crippen molar-refractivity contribution in [1.82, 2.24) is 5.01 Å². The molecule has 23 heavy (non-hydrogen) atoms. The highest BCUT2D eigenvalue weighted by Gasteiger charge is 2.32. The zero-order valence-electron chi connectivity index (χ0n) is 13.1. The van der Waals surface area contributed by atoms with Gasteiger partial charge in [0.25, 0.3) is 5.91 Å². The largest absolute Gasteiger partial charge is 0.369 e. The molecule has 122 valence electrons. The molecule has 6 heteroatoms. The van der Waals surface area contributed by atoms with Crippen LogP contribution in [0.1, 0.15) is 30.9 Å². The highest BCUT2D eigenvalue weighted by Crippen LogP contribution is 2.27. The Morgan fingerprint density at radius 2 is 1.91 bits per heavy atom. The van der Waals surface area contributed by atoms with E-state index in [1.54, 1.807) is 5.01 Å². The van der Waals surface area contributed by atoms with Gasteiger partial charge in [-0.25, -0.2) is 5.01 Å². The Labute approximate surface area is 135 Å². The molecule has 0 bridgehead atoms. The van der Waals surface area contributed by atoms with E-state index in [2.05, 4.69) is 5.10 Å². The zero-order valence-corrected chi connectivity index (χ0v) is 13.1. The third kappa shape index (κ3) is 3.59. The number of amides is 2. The number of nitrogens with one attached hydrogen (secondary N) is 1. The number of nitrogens with zero attached hydrogens (tertiary/aromatic N) is 2. The average Bonchev–Trinajstić information content (AvgIpc) is 3.06. The quantitative estimate of drug-likeness (QED) is 0.802. The first-order valence-corrected chi connectivity index (χ1v) is 8.17. The molecule has 0 spiro atoms. The van der Waals surface area contributed by atoms with Crippen molar-refractivity contribution >= 4 is 18.0 Å². The maximum atomic E-state index is 12.6. The van der Waals surface area contributed by atoms with Crippen LogP contribution >= 0.6 is 0 Å². The highest BCUT2D eigenvalue weighted by molar-refractivity contribution is 5.80. The Morgan fingerprint density at radius 1 is 1.22 bits per heavy atom. The van der Waals surface area contributed by atoms with E-state index in [1.165, 1.54) is 4.90 Å². The van der Waals surface area contributed by atoms with Gasteiger partial charge in [0.05, 0.1) is 19.1 Å². The number of hydrazone groups is 1. The van der Waals surface area contributed by atoms with Gasteiger partial charge in [0.1, 0.15) is 0 Å². The van der Waals surface area contributed by atoms with Gasteiger partial charge < -0.3 is 10.6 Å². The van der Waals surface area contributed by atoms with E-state index >= 15 is 0 Å². The van der Waals surface area contributed by atoms with E-state index in [-0.39, 0.29) is 23.8 Å². The normalized spacial score (nSPS) is 27.1. The van der Waals surface area contributed by atoms with Crippen LogP contribution in [0.4, 0.5) is 0 Å². The SMILES string of the molecule is NC(=O)C1CC[NH+](CC(=O)N2N=CC[C@@H]2c2ccccc2)CC1. The van der Waals surface area contributed by atoms with Crippen LogP contribution in [0.2, 0.25) is 0 Å². The Bertz CT molecular complexity index is 594. The van der Waals surface area contributed by atoms with Crippen LogP contribution in [0, 0.1) is 5.92 Å². The van der Waals surface area contributed by atoms with E-state index in [0.29, 0.717) is 6.54 Å². The third-order valence-electron chi connectivity index (χ3n) is 4.77. The van der Waals surface area contributed by atoms with Gasteiger partial charge in [-0.05, 0) is 5.56 Å². The second-order valence-electron chi connectivity index (χ2n) is 6.30. The lowest BCUT2D eigenvalue weighted by Gasteiger charge is -2.29. The van der Waals surface area contributed by atoms with Crippen molar-refractivity contribution in [3.63, 3.8) is 0 Å². The molecule has 1 saturated heterocycles. The van der Waals surface area contributed by atoms with Crippen molar-refractivity contribution < 1.29 is 14.5 Å². The molecule has 0 radical (unpaired) electrons. The first-order valence-electron chi connectivity index (χ1n) is 8.17. The molecule has 1 atom stereocenters. The van der Waals surface area contributed by atoms with Crippen LogP contribution in [0.5, 0.6) is 0 Å². The lowest BCUT2D eigenvalue weighted by molar-refractivity contribution is -0.898. The smallest absolute Gasteiger partial charge is 0.298 e. The minimum atomic E-state index is -0.219. The van der Waals surface area contributed by atoms with Gasteiger partial charge in [0, 0.05) is 31.4 Å². The van der Waals surface area contributed by atoms with Crippen LogP contribution in [-0.2, 0) is 9.59 Å². The van der Waals surface area contributed by atoms with E-state index in [4.69, 9.17) is 5.73 Å². The summed E-state index contributed by atoms with van der Waals surface area (Å²) in [4.78, 5) is 25.0. The molecule has 3 rings (SSSR count). The predicted octanol–water partition coefficient (Wildman–Crippen LogP) is -0.274. The van der Waals surface area contributed by atoms with Crippen molar-refractivity contribution in [1.29, 1.82) is 0 Å². The number of benzene rings is 1. The Kier molecular flexibility index (Phi) is 4.71. The van der Waals surface area contributed by atoms with E-state index in [1.807, 2.05) is 36.5 Å². The highest BCUT2D eigenvalue weighted by atomic mass is 16.2. The summed E-state index contributed by atoms with van der Waals surface area (Å²) in [5, 5.41) is 5.89. The van der Waals surface area contributed by atoms with E-state index in [9.17, 15) is 9.59 Å². The lowest BCUT2D eigenvalue weighted by atomic mass is 9.96. The van der Waals surface area contributed by atoms with Crippen LogP contribution in [0.25, 0.3) is 0 Å². The molecule has 2 amide bonds. The first kappa shape index (κ1) is 15.7. The number of hydrogen-bond acceptors (Lipinski definition) is 3. The number of rotatable bonds is 4. The molecule has 2 aliphatic heterocycles. The summed E-state index contributed by atoms with van der Waals surface area (Å²) >= 11 is 0. The molecule has 0 aromatic heterocycles. The van der Waals surface area contributed by atoms with Gasteiger partial charge in [-0.1, -0.05) is 30.3 Å². The van der Waals surface area contributed by atoms with Crippen molar-refractivity contribution in [2.24, 2.45) is 16.8 Å². The fourth-order valence-corrected chi connectivity index (χ4v) is 3.39. The Hall–Kier alpha value is -2.21. The maximum absolute atomic E-state index is 12.6. The van der Waals surface area contributed by atoms with E-state index < -0.39 is 0 Å². The molecule has 2 heterocycles. The molecule has 0 unspecified atom stereocenters. The van der Waals surface area contributed by atoms with Gasteiger partial charge in [-0.3, -0.25) is 9.59 Å². The van der Waals surface area contributed by atoms with Crippen LogP contribution in [-0.4, -0.2) is 42.7 Å². The predicted molar refractivity (Wildman–Crippen MR) is 86.6 cm³/mol. The molecule has 1 fully saturated rings. The number of nitrogens with two attached hydrogens (primary N) is 1. The van der Waals surface area contributed by atoms with Crippen molar-refractivity contribution in [3.05, 3.63) is 35.9 Å². The number of piperidine rings is 1. The number of hydrogen-bond donors (Lipinski definition) is 2. The molecule has 0 saturated carbocycles. The van der Waals surface area contributed by atoms with Gasteiger partial charge in [-0.15, -0.1) is 0 Å². The summed E-state index contributed by atoms with van der Waals surface area (Å²) in [6, 6.07) is 10.0. The number of quaternary nitrogens is 1. The summed E-state index contributed by atoms with van der Waals surface area (Å²) < 4.78 is 0. The van der Waals surface area contributed by atoms with Gasteiger partial charge >= 0.3 is 0 Å². The number of carbonyl (C=O) groups is 2. The van der Waals surface area contributed by atoms with Crippen LogP contribution in [0.3, 0.4) is 0 Å². The first-order chi connectivity index (χ1) is 11.1. The second kappa shape index (κ2) is 6.91. The number of likely N-dealkylation sites (tertiary alicyclic amines) is 1. The van der Waals surface area contributed by atoms with Crippen molar-refractivity contribution in [2.45, 2.75) is 25.3 Å². The fourth-order valence-electron chi connectivity index (χ4n) is 3.39. The summed E-state index contributed by atoms with van der Waals surface area (Å²) in [6.07, 6.45) is 4.10. The van der Waals surface area contributed by atoms with E-state index in [0.717, 1.165) is 37.9 Å². The minimum absolute atomic E-state index is 0.00580. The number of primary amides is 1. The van der Waals surface area contributed by atoms with Gasteiger partial charge in [0.2, 0.25) is 5.91 Å². The zero-order chi connectivity index (χ0) is 16.2. The average molecular weight is 315 g/mol. The van der Waals surface area contributed by atoms with Gasteiger partial charge in [0.15, 0.2) is 6.54 Å². The Morgan fingerprint density at radius 3 is 2.57 bits per heavy atom. The minimum Gasteiger partial charge on any atom is -0.369 e. The summed E-state index contributed by atoms with van der Waals surface area (Å²) in [7, 11) is 0. The summed E-state index contributed by atoms with van der Waals surface area (Å²) in [6.45, 7) is 2.05. The molecule has 6 nitrogen and oxygen atoms in total. The molecule has 3 N–H and O–H groups in total. The van der Waals surface area contributed by atoms with Crippen LogP contribution in [0.15, 0.2) is 35.4 Å². The summed E-state index contributed by atoms with van der Waals surface area (Å²) in [5.74, 6) is -0.209. The van der Waals surface area contributed by atoms with Crippen molar-refractivity contribution in [3.8, 4) is 0 Å². The molecular weight excluding hydrogens is 292 g/mol. The van der Waals surface area contributed by atoms with Gasteiger partial charge in [-0.2, -0.15) is 5.10 Å². The molecule has 1 aromatic rings. The Balaban J connectivity index is 1.58. The number of carbonyl (C=O) groups excluding carboxylic acids is 2. The van der Waals surface area contributed by atoms with Crippen LogP contribution < -0.4 is 10.6 Å². The molecule has 2 aliphatic rings. The summed E-state index contributed by atoms with van der Waals surface area (Å²) in [5.41, 5.74) is 6.47. The molecular formula is C17H23N4O2+. The van der Waals surface area contributed by atoms with Crippen molar-refractivity contribution in [2.75, 3.05) is 19.6 Å². The second-order valence-corrected chi connectivity index (χ2v) is 6.30.